The first-order valence-corrected chi connectivity index (χ1v) is 9.84. The van der Waals surface area contributed by atoms with E-state index in [0.29, 0.717) is 22.7 Å². The van der Waals surface area contributed by atoms with Crippen LogP contribution in [0.1, 0.15) is 47.1 Å². The van der Waals surface area contributed by atoms with Gasteiger partial charge in [0.25, 0.3) is 0 Å². The molecule has 33 heavy (non-hydrogen) atoms. The van der Waals surface area contributed by atoms with Crippen LogP contribution in [0.15, 0.2) is 36.5 Å². The Labute approximate surface area is 191 Å². The highest BCUT2D eigenvalue weighted by Gasteiger charge is 2.24. The minimum Gasteiger partial charge on any atom is -0.457 e. The Balaban J connectivity index is 0.000000337. The first-order chi connectivity index (χ1) is 15.1. The predicted molar refractivity (Wildman–Crippen MR) is 120 cm³/mol. The van der Waals surface area contributed by atoms with Crippen LogP contribution in [0.5, 0.6) is 11.5 Å². The van der Waals surface area contributed by atoms with Crippen LogP contribution in [-0.4, -0.2) is 33.4 Å². The van der Waals surface area contributed by atoms with Crippen molar-refractivity contribution in [1.82, 2.24) is 4.98 Å². The summed E-state index contributed by atoms with van der Waals surface area (Å²) >= 11 is 0. The van der Waals surface area contributed by atoms with E-state index in [2.05, 4.69) is 9.72 Å². The first-order valence-electron chi connectivity index (χ1n) is 9.84. The second-order valence-corrected chi connectivity index (χ2v) is 8.72. The molecule has 1 aromatic carbocycles. The zero-order valence-corrected chi connectivity index (χ0v) is 19.7. The predicted octanol–water partition coefficient (Wildman–Crippen LogP) is 5.55. The summed E-state index contributed by atoms with van der Waals surface area (Å²) in [6.07, 6.45) is -0.772. The van der Waals surface area contributed by atoms with Gasteiger partial charge in [-0.25, -0.2) is 9.59 Å². The van der Waals surface area contributed by atoms with Crippen LogP contribution >= 0.6 is 0 Å². The van der Waals surface area contributed by atoms with Gasteiger partial charge in [0.2, 0.25) is 0 Å². The van der Waals surface area contributed by atoms with Crippen molar-refractivity contribution in [3.05, 3.63) is 52.2 Å². The van der Waals surface area contributed by atoms with Crippen molar-refractivity contribution in [3.8, 4) is 11.5 Å². The highest BCUT2D eigenvalue weighted by Crippen LogP contribution is 2.29. The van der Waals surface area contributed by atoms with Gasteiger partial charge < -0.3 is 34.8 Å². The number of hydrogen-bond donors (Lipinski definition) is 1. The SMILES string of the molecule is CC(C)(C)OC(=O)OC(=O)OC(C)(C)C.Cc1c(Oc2ccc(N)cc2)ccnc1[N+](=O)[O-]. The van der Waals surface area contributed by atoms with Gasteiger partial charge in [-0.1, -0.05) is 0 Å². The fourth-order valence-corrected chi connectivity index (χ4v) is 2.07. The lowest BCUT2D eigenvalue weighted by molar-refractivity contribution is -0.390. The zero-order chi connectivity index (χ0) is 25.4. The van der Waals surface area contributed by atoms with Gasteiger partial charge in [-0.3, -0.25) is 0 Å². The minimum absolute atomic E-state index is 0.206. The van der Waals surface area contributed by atoms with Crippen molar-refractivity contribution in [2.75, 3.05) is 5.73 Å². The van der Waals surface area contributed by atoms with E-state index in [4.69, 9.17) is 19.9 Å². The van der Waals surface area contributed by atoms with E-state index < -0.39 is 28.4 Å². The van der Waals surface area contributed by atoms with E-state index in [-0.39, 0.29) is 5.82 Å². The molecule has 0 spiro atoms. The van der Waals surface area contributed by atoms with Crippen molar-refractivity contribution in [2.45, 2.75) is 59.7 Å². The highest BCUT2D eigenvalue weighted by atomic mass is 16.8. The molecule has 11 heteroatoms. The smallest absolute Gasteiger partial charge is 0.457 e. The minimum atomic E-state index is -1.06. The number of nitro groups is 1. The van der Waals surface area contributed by atoms with E-state index in [1.54, 1.807) is 78.8 Å². The Hall–Kier alpha value is -3.89. The maximum absolute atomic E-state index is 11.0. The van der Waals surface area contributed by atoms with Crippen molar-refractivity contribution < 1.29 is 33.5 Å². The highest BCUT2D eigenvalue weighted by molar-refractivity contribution is 5.77. The number of ether oxygens (including phenoxy) is 4. The summed E-state index contributed by atoms with van der Waals surface area (Å²) in [5.74, 6) is 0.761. The summed E-state index contributed by atoms with van der Waals surface area (Å²) in [4.78, 5) is 35.9. The molecule has 11 nitrogen and oxygen atoms in total. The molecule has 0 aliphatic heterocycles. The van der Waals surface area contributed by atoms with Crippen LogP contribution < -0.4 is 10.5 Å². The standard InChI is InChI=1S/C12H11N3O3.C10H18O5/c1-8-11(6-7-14-12(8)15(16)17)18-10-4-2-9(13)3-5-10;1-9(2,3)14-7(11)13-8(12)15-10(4,5)6/h2-7H,13H2,1H3;1-6H3. The maximum Gasteiger partial charge on any atom is 0.519 e. The molecule has 0 saturated heterocycles. The molecule has 0 bridgehead atoms. The fourth-order valence-electron chi connectivity index (χ4n) is 2.07. The topological polar surface area (TPSA) is 153 Å². The van der Waals surface area contributed by atoms with E-state index in [0.717, 1.165) is 0 Å². The molecule has 2 N–H and O–H groups in total. The van der Waals surface area contributed by atoms with E-state index in [1.807, 2.05) is 0 Å². The van der Waals surface area contributed by atoms with E-state index >= 15 is 0 Å². The molecular formula is C22H29N3O8. The van der Waals surface area contributed by atoms with Gasteiger partial charge in [0.05, 0.1) is 5.56 Å². The summed E-state index contributed by atoms with van der Waals surface area (Å²) in [6, 6.07) is 8.36. The third kappa shape index (κ3) is 10.8. The van der Waals surface area contributed by atoms with Gasteiger partial charge in [0, 0.05) is 11.8 Å². The number of hydrogen-bond acceptors (Lipinski definition) is 10. The second kappa shape index (κ2) is 11.1. The van der Waals surface area contributed by atoms with Crippen LogP contribution in [0.25, 0.3) is 0 Å². The number of aromatic nitrogens is 1. The molecule has 0 atom stereocenters. The molecule has 2 rings (SSSR count). The third-order valence-corrected chi connectivity index (χ3v) is 3.35. The summed E-state index contributed by atoms with van der Waals surface area (Å²) in [6.45, 7) is 11.6. The summed E-state index contributed by atoms with van der Waals surface area (Å²) < 4.78 is 19.4. The van der Waals surface area contributed by atoms with Gasteiger partial charge in [-0.15, -0.1) is 0 Å². The Kier molecular flexibility index (Phi) is 9.14. The largest absolute Gasteiger partial charge is 0.519 e. The maximum atomic E-state index is 11.0. The molecule has 0 saturated carbocycles. The average Bonchev–Trinajstić information content (AvgIpc) is 2.62. The third-order valence-electron chi connectivity index (χ3n) is 3.35. The van der Waals surface area contributed by atoms with Crippen LogP contribution in [0.3, 0.4) is 0 Å². The lowest BCUT2D eigenvalue weighted by Gasteiger charge is -2.20. The number of nitrogens with zero attached hydrogens (tertiary/aromatic N) is 2. The quantitative estimate of drug-likeness (QED) is 0.201. The van der Waals surface area contributed by atoms with Gasteiger partial charge in [0.15, 0.2) is 0 Å². The Bertz CT molecular complexity index is 951. The molecule has 0 radical (unpaired) electrons. The van der Waals surface area contributed by atoms with E-state index in [1.165, 1.54) is 6.20 Å². The number of rotatable bonds is 3. The fraction of sp³-hybridized carbons (Fsp3) is 0.409. The molecule has 1 heterocycles. The van der Waals surface area contributed by atoms with Crippen molar-refractivity contribution >= 4 is 23.8 Å². The van der Waals surface area contributed by atoms with E-state index in [9.17, 15) is 19.7 Å². The molecule has 0 aliphatic rings. The normalized spacial score (nSPS) is 10.9. The van der Waals surface area contributed by atoms with Crippen molar-refractivity contribution in [1.29, 1.82) is 0 Å². The average molecular weight is 463 g/mol. The number of nitrogens with two attached hydrogens (primary N) is 1. The number of anilines is 1. The van der Waals surface area contributed by atoms with Gasteiger partial charge >= 0.3 is 18.1 Å². The number of benzene rings is 1. The number of carbonyl (C=O) groups is 2. The number of carbonyl (C=O) groups excluding carboxylic acids is 2. The first kappa shape index (κ1) is 27.1. The zero-order valence-electron chi connectivity index (χ0n) is 19.7. The van der Waals surface area contributed by atoms with Gasteiger partial charge in [-0.05, 0) is 82.6 Å². The molecule has 0 unspecified atom stereocenters. The van der Waals surface area contributed by atoms with Crippen LogP contribution in [0, 0.1) is 17.0 Å². The summed E-state index contributed by atoms with van der Waals surface area (Å²) in [5, 5.41) is 10.7. The lowest BCUT2D eigenvalue weighted by Crippen LogP contribution is -2.29. The Morgan fingerprint density at radius 1 is 0.939 bits per heavy atom. The molecular weight excluding hydrogens is 434 g/mol. The van der Waals surface area contributed by atoms with Gasteiger partial charge in [-0.2, -0.15) is 0 Å². The molecule has 0 aliphatic carbocycles. The molecule has 0 fully saturated rings. The molecule has 2 aromatic rings. The monoisotopic (exact) mass is 463 g/mol. The number of pyridine rings is 1. The molecule has 1 aromatic heterocycles. The van der Waals surface area contributed by atoms with Crippen molar-refractivity contribution in [2.24, 2.45) is 0 Å². The van der Waals surface area contributed by atoms with Crippen molar-refractivity contribution in [3.63, 3.8) is 0 Å². The summed E-state index contributed by atoms with van der Waals surface area (Å²) in [7, 11) is 0. The lowest BCUT2D eigenvalue weighted by atomic mass is 10.2. The molecule has 0 amide bonds. The Morgan fingerprint density at radius 3 is 1.85 bits per heavy atom. The van der Waals surface area contributed by atoms with Crippen LogP contribution in [-0.2, 0) is 14.2 Å². The molecule has 180 valence electrons. The second-order valence-electron chi connectivity index (χ2n) is 8.72. The Morgan fingerprint density at radius 2 is 1.42 bits per heavy atom. The summed E-state index contributed by atoms with van der Waals surface area (Å²) in [5.41, 5.74) is 5.18. The van der Waals surface area contributed by atoms with Gasteiger partial charge in [0.1, 0.15) is 28.9 Å². The van der Waals surface area contributed by atoms with Crippen LogP contribution in [0.2, 0.25) is 0 Å². The number of nitrogen functional groups attached to an aromatic ring is 1. The van der Waals surface area contributed by atoms with Crippen LogP contribution in [0.4, 0.5) is 21.1 Å².